The van der Waals surface area contributed by atoms with Crippen LogP contribution in [0, 0.1) is 6.92 Å². The lowest BCUT2D eigenvalue weighted by Crippen LogP contribution is -2.48. The first-order valence-corrected chi connectivity index (χ1v) is 11.1. The van der Waals surface area contributed by atoms with Crippen LogP contribution in [0.5, 0.6) is 5.75 Å². The molecule has 2 aromatic carbocycles. The Kier molecular flexibility index (Phi) is 7.19. The minimum atomic E-state index is -4.04. The fourth-order valence-electron chi connectivity index (χ4n) is 2.63. The van der Waals surface area contributed by atoms with Crippen molar-refractivity contribution >= 4 is 33.2 Å². The molecule has 0 aliphatic carbocycles. The van der Waals surface area contributed by atoms with Crippen LogP contribution in [-0.4, -0.2) is 33.5 Å². The summed E-state index contributed by atoms with van der Waals surface area (Å²) in [6.45, 7) is 7.17. The molecule has 0 aromatic heterocycles. The first kappa shape index (κ1) is 23.0. The number of amides is 1. The van der Waals surface area contributed by atoms with Crippen molar-refractivity contribution in [2.24, 2.45) is 0 Å². The third-order valence-electron chi connectivity index (χ3n) is 4.67. The van der Waals surface area contributed by atoms with E-state index in [2.05, 4.69) is 5.32 Å². The van der Waals surface area contributed by atoms with Gasteiger partial charge in [0.25, 0.3) is 10.0 Å². The van der Waals surface area contributed by atoms with Gasteiger partial charge in [-0.25, -0.2) is 8.42 Å². The number of ether oxygens (including phenoxy) is 1. The van der Waals surface area contributed by atoms with Crippen molar-refractivity contribution in [1.29, 1.82) is 0 Å². The van der Waals surface area contributed by atoms with Crippen molar-refractivity contribution in [3.8, 4) is 5.75 Å². The SMILES string of the molecule is CCC(C)(C)NC(=O)CN(c1cc(Cl)ccc1OC)S(=O)(=O)c1ccc(C)cc1. The summed E-state index contributed by atoms with van der Waals surface area (Å²) in [5.74, 6) is -0.123. The largest absolute Gasteiger partial charge is 0.495 e. The highest BCUT2D eigenvalue weighted by Crippen LogP contribution is 2.34. The van der Waals surface area contributed by atoms with E-state index < -0.39 is 28.0 Å². The zero-order valence-corrected chi connectivity index (χ0v) is 18.9. The summed E-state index contributed by atoms with van der Waals surface area (Å²) < 4.78 is 33.3. The zero-order chi connectivity index (χ0) is 21.8. The molecule has 0 heterocycles. The summed E-state index contributed by atoms with van der Waals surface area (Å²) in [5.41, 5.74) is 0.665. The molecule has 2 aromatic rings. The summed E-state index contributed by atoms with van der Waals surface area (Å²) in [5, 5.41) is 3.20. The Morgan fingerprint density at radius 2 is 1.79 bits per heavy atom. The number of hydrogen-bond acceptors (Lipinski definition) is 4. The average molecular weight is 439 g/mol. The lowest BCUT2D eigenvalue weighted by Gasteiger charge is -2.29. The van der Waals surface area contributed by atoms with Gasteiger partial charge < -0.3 is 10.1 Å². The molecular weight excluding hydrogens is 412 g/mol. The van der Waals surface area contributed by atoms with Gasteiger partial charge in [-0.3, -0.25) is 9.10 Å². The Hall–Kier alpha value is -2.25. The van der Waals surface area contributed by atoms with E-state index in [1.807, 2.05) is 27.7 Å². The van der Waals surface area contributed by atoms with E-state index in [1.165, 1.54) is 25.3 Å². The minimum absolute atomic E-state index is 0.0766. The van der Waals surface area contributed by atoms with Crippen molar-refractivity contribution in [2.45, 2.75) is 44.6 Å². The Morgan fingerprint density at radius 1 is 1.17 bits per heavy atom. The van der Waals surface area contributed by atoms with Crippen LogP contribution in [-0.2, 0) is 14.8 Å². The van der Waals surface area contributed by atoms with Crippen molar-refractivity contribution in [2.75, 3.05) is 18.0 Å². The molecule has 0 saturated carbocycles. The summed E-state index contributed by atoms with van der Waals surface area (Å²) in [6, 6.07) is 11.1. The van der Waals surface area contributed by atoms with Crippen molar-refractivity contribution in [3.05, 3.63) is 53.1 Å². The molecule has 8 heteroatoms. The normalized spacial score (nSPS) is 11.8. The van der Waals surface area contributed by atoms with Crippen LogP contribution in [0.4, 0.5) is 5.69 Å². The maximum absolute atomic E-state index is 13.4. The number of aryl methyl sites for hydroxylation is 1. The van der Waals surface area contributed by atoms with Gasteiger partial charge in [-0.2, -0.15) is 0 Å². The number of nitrogens with zero attached hydrogens (tertiary/aromatic N) is 1. The monoisotopic (exact) mass is 438 g/mol. The lowest BCUT2D eigenvalue weighted by molar-refractivity contribution is -0.121. The lowest BCUT2D eigenvalue weighted by atomic mass is 10.0. The van der Waals surface area contributed by atoms with Crippen LogP contribution in [0.1, 0.15) is 32.8 Å². The highest BCUT2D eigenvalue weighted by molar-refractivity contribution is 7.92. The number of carbonyl (C=O) groups is 1. The number of rotatable bonds is 8. The molecule has 158 valence electrons. The van der Waals surface area contributed by atoms with Gasteiger partial charge in [-0.15, -0.1) is 0 Å². The predicted octanol–water partition coefficient (Wildman–Crippen LogP) is 4.16. The van der Waals surface area contributed by atoms with Crippen LogP contribution >= 0.6 is 11.6 Å². The molecule has 0 bridgehead atoms. The number of benzene rings is 2. The van der Waals surface area contributed by atoms with Gasteiger partial charge >= 0.3 is 0 Å². The number of hydrogen-bond donors (Lipinski definition) is 1. The molecule has 2 rings (SSSR count). The molecule has 0 fully saturated rings. The van der Waals surface area contributed by atoms with Crippen molar-refractivity contribution in [3.63, 3.8) is 0 Å². The van der Waals surface area contributed by atoms with Crippen LogP contribution in [0.2, 0.25) is 5.02 Å². The van der Waals surface area contributed by atoms with Gasteiger partial charge in [-0.1, -0.05) is 36.2 Å². The molecule has 0 spiro atoms. The van der Waals surface area contributed by atoms with Gasteiger partial charge in [0.15, 0.2) is 0 Å². The van der Waals surface area contributed by atoms with Gasteiger partial charge in [0.05, 0.1) is 17.7 Å². The first-order valence-electron chi connectivity index (χ1n) is 9.24. The van der Waals surface area contributed by atoms with E-state index in [9.17, 15) is 13.2 Å². The van der Waals surface area contributed by atoms with Crippen molar-refractivity contribution in [1.82, 2.24) is 5.32 Å². The first-order chi connectivity index (χ1) is 13.5. The van der Waals surface area contributed by atoms with Crippen LogP contribution in [0.3, 0.4) is 0 Å². The number of carbonyl (C=O) groups excluding carboxylic acids is 1. The molecule has 1 amide bonds. The van der Waals surface area contributed by atoms with E-state index >= 15 is 0 Å². The minimum Gasteiger partial charge on any atom is -0.495 e. The summed E-state index contributed by atoms with van der Waals surface area (Å²) in [7, 11) is -2.61. The van der Waals surface area contributed by atoms with Crippen LogP contribution in [0.25, 0.3) is 0 Å². The van der Waals surface area contributed by atoms with Gasteiger partial charge in [0.2, 0.25) is 5.91 Å². The molecule has 29 heavy (non-hydrogen) atoms. The standard InChI is InChI=1S/C21H27ClN2O4S/c1-6-21(3,4)23-20(25)14-24(18-13-16(22)9-12-19(18)28-5)29(26,27)17-10-7-15(2)8-11-17/h7-13H,6,14H2,1-5H3,(H,23,25). The molecular formula is C21H27ClN2O4S. The summed E-state index contributed by atoms with van der Waals surface area (Å²) >= 11 is 6.12. The molecule has 0 atom stereocenters. The Morgan fingerprint density at radius 3 is 2.34 bits per heavy atom. The Balaban J connectivity index is 2.55. The van der Waals surface area contributed by atoms with E-state index in [4.69, 9.17) is 16.3 Å². The molecule has 6 nitrogen and oxygen atoms in total. The maximum atomic E-state index is 13.4. The fourth-order valence-corrected chi connectivity index (χ4v) is 4.22. The summed E-state index contributed by atoms with van der Waals surface area (Å²) in [6.07, 6.45) is 0.698. The summed E-state index contributed by atoms with van der Waals surface area (Å²) in [4.78, 5) is 12.8. The fraction of sp³-hybridized carbons (Fsp3) is 0.381. The van der Waals surface area contributed by atoms with E-state index in [0.29, 0.717) is 17.2 Å². The maximum Gasteiger partial charge on any atom is 0.264 e. The number of halogens is 1. The van der Waals surface area contributed by atoms with Gasteiger partial charge in [0, 0.05) is 10.6 Å². The van der Waals surface area contributed by atoms with Crippen LogP contribution in [0.15, 0.2) is 47.4 Å². The second-order valence-corrected chi connectivity index (χ2v) is 9.73. The third kappa shape index (κ3) is 5.64. The molecule has 0 saturated heterocycles. The number of methoxy groups -OCH3 is 1. The zero-order valence-electron chi connectivity index (χ0n) is 17.3. The molecule has 0 aliphatic heterocycles. The van der Waals surface area contributed by atoms with Crippen molar-refractivity contribution < 1.29 is 17.9 Å². The topological polar surface area (TPSA) is 75.7 Å². The molecule has 0 unspecified atom stereocenters. The number of sulfonamides is 1. The highest BCUT2D eigenvalue weighted by Gasteiger charge is 2.31. The Bertz CT molecular complexity index is 973. The third-order valence-corrected chi connectivity index (χ3v) is 6.68. The Labute approximate surface area is 177 Å². The van der Waals surface area contributed by atoms with Crippen LogP contribution < -0.4 is 14.4 Å². The molecule has 0 aliphatic rings. The molecule has 0 radical (unpaired) electrons. The van der Waals surface area contributed by atoms with Gasteiger partial charge in [0.1, 0.15) is 12.3 Å². The smallest absolute Gasteiger partial charge is 0.264 e. The van der Waals surface area contributed by atoms with E-state index in [-0.39, 0.29) is 10.6 Å². The quantitative estimate of drug-likeness (QED) is 0.671. The average Bonchev–Trinajstić information content (AvgIpc) is 2.66. The highest BCUT2D eigenvalue weighted by atomic mass is 35.5. The predicted molar refractivity (Wildman–Crippen MR) is 116 cm³/mol. The second-order valence-electron chi connectivity index (χ2n) is 7.43. The van der Waals surface area contributed by atoms with E-state index in [0.717, 1.165) is 9.87 Å². The molecule has 1 N–H and O–H groups in total. The number of nitrogens with one attached hydrogen (secondary N) is 1. The number of anilines is 1. The second kappa shape index (κ2) is 9.05. The van der Waals surface area contributed by atoms with E-state index in [1.54, 1.807) is 24.3 Å². The van der Waals surface area contributed by atoms with Gasteiger partial charge in [-0.05, 0) is 57.5 Å².